The zero-order valence-electron chi connectivity index (χ0n) is 19.3. The second-order valence-corrected chi connectivity index (χ2v) is 8.95. The van der Waals surface area contributed by atoms with Crippen LogP contribution in [0.1, 0.15) is 43.1 Å². The predicted molar refractivity (Wildman–Crippen MR) is 133 cm³/mol. The smallest absolute Gasteiger partial charge is 0.350 e. The fourth-order valence-corrected chi connectivity index (χ4v) is 5.16. The maximum atomic E-state index is 13.7. The van der Waals surface area contributed by atoms with Crippen molar-refractivity contribution >= 4 is 39.3 Å². The van der Waals surface area contributed by atoms with Gasteiger partial charge in [-0.3, -0.25) is 14.5 Å². The number of methoxy groups -OCH3 is 1. The van der Waals surface area contributed by atoms with Crippen LogP contribution in [-0.4, -0.2) is 35.7 Å². The van der Waals surface area contributed by atoms with E-state index in [2.05, 4.69) is 11.6 Å². The average molecular weight is 505 g/mol. The summed E-state index contributed by atoms with van der Waals surface area (Å²) >= 11 is 0.972. The number of ether oxygens (including phenoxy) is 2. The molecule has 0 bridgehead atoms. The van der Waals surface area contributed by atoms with Gasteiger partial charge in [0.25, 0.3) is 5.91 Å². The Morgan fingerprint density at radius 3 is 2.81 bits per heavy atom. The summed E-state index contributed by atoms with van der Waals surface area (Å²) in [5.74, 6) is -1.21. The number of thiazole rings is 1. The van der Waals surface area contributed by atoms with Crippen LogP contribution in [0.3, 0.4) is 0 Å². The molecule has 0 unspecified atom stereocenters. The number of aromatic nitrogens is 1. The third kappa shape index (κ3) is 3.62. The Balaban J connectivity index is 1.73. The minimum Gasteiger partial charge on any atom is -0.504 e. The first-order valence-electron chi connectivity index (χ1n) is 10.9. The number of esters is 1. The second-order valence-electron chi connectivity index (χ2n) is 7.98. The van der Waals surface area contributed by atoms with Crippen LogP contribution in [0, 0.1) is 6.92 Å². The molecule has 1 aliphatic heterocycles. The van der Waals surface area contributed by atoms with Crippen molar-refractivity contribution in [2.75, 3.05) is 18.6 Å². The molecule has 9 nitrogen and oxygen atoms in total. The molecule has 0 radical (unpaired) electrons. The predicted octanol–water partition coefficient (Wildman–Crippen LogP) is 4.36. The molecule has 10 heteroatoms. The Kier molecular flexibility index (Phi) is 5.81. The molecule has 2 aromatic carbocycles. The average Bonchev–Trinajstić information content (AvgIpc) is 3.40. The fourth-order valence-electron chi connectivity index (χ4n) is 4.17. The normalized spacial score (nSPS) is 14.7. The van der Waals surface area contributed by atoms with Gasteiger partial charge >= 0.3 is 5.97 Å². The Labute approximate surface area is 208 Å². The first kappa shape index (κ1) is 23.3. The standard InChI is InChI=1S/C26H20N2O7S/c1-4-11-34-25(32)23-13(2)27-26(36-23)28-20(14-9-10-16(29)18(12-14)33-3)19-21(30)15-7-5-6-8-17(15)35-22(19)24(28)31/h4-10,12,20,29H,1,11H2,2-3H3/t20-/m0/s1. The maximum Gasteiger partial charge on any atom is 0.350 e. The van der Waals surface area contributed by atoms with Gasteiger partial charge in [0.05, 0.1) is 29.8 Å². The van der Waals surface area contributed by atoms with Crippen LogP contribution in [0.2, 0.25) is 0 Å². The molecule has 5 rings (SSSR count). The van der Waals surface area contributed by atoms with E-state index in [0.717, 1.165) is 11.3 Å². The van der Waals surface area contributed by atoms with E-state index in [1.165, 1.54) is 24.2 Å². The molecule has 1 N–H and O–H groups in total. The van der Waals surface area contributed by atoms with Gasteiger partial charge < -0.3 is 19.0 Å². The van der Waals surface area contributed by atoms with Crippen molar-refractivity contribution in [3.05, 3.63) is 92.8 Å². The number of aryl methyl sites for hydroxylation is 1. The van der Waals surface area contributed by atoms with Crippen molar-refractivity contribution < 1.29 is 28.6 Å². The van der Waals surface area contributed by atoms with Crippen LogP contribution in [0.15, 0.2) is 64.3 Å². The number of phenols is 1. The van der Waals surface area contributed by atoms with E-state index < -0.39 is 17.9 Å². The second kappa shape index (κ2) is 8.97. The topological polar surface area (TPSA) is 119 Å². The van der Waals surface area contributed by atoms with Crippen molar-refractivity contribution in [1.82, 2.24) is 4.98 Å². The highest BCUT2D eigenvalue weighted by molar-refractivity contribution is 7.17. The molecule has 0 saturated carbocycles. The summed E-state index contributed by atoms with van der Waals surface area (Å²) in [6, 6.07) is 10.3. The number of benzene rings is 2. The van der Waals surface area contributed by atoms with Crippen molar-refractivity contribution in [3.8, 4) is 11.5 Å². The van der Waals surface area contributed by atoms with Crippen LogP contribution in [-0.2, 0) is 4.74 Å². The number of rotatable bonds is 6. The summed E-state index contributed by atoms with van der Waals surface area (Å²) in [6.45, 7) is 5.20. The summed E-state index contributed by atoms with van der Waals surface area (Å²) < 4.78 is 16.3. The van der Waals surface area contributed by atoms with E-state index in [0.29, 0.717) is 16.6 Å². The Hall–Kier alpha value is -4.44. The van der Waals surface area contributed by atoms with Gasteiger partial charge in [-0.25, -0.2) is 9.78 Å². The number of para-hydroxylation sites is 1. The van der Waals surface area contributed by atoms with E-state index in [-0.39, 0.29) is 50.5 Å². The van der Waals surface area contributed by atoms with Crippen LogP contribution in [0.25, 0.3) is 11.0 Å². The summed E-state index contributed by atoms with van der Waals surface area (Å²) in [5.41, 5.74) is 0.915. The van der Waals surface area contributed by atoms with E-state index in [4.69, 9.17) is 13.9 Å². The first-order valence-corrected chi connectivity index (χ1v) is 11.7. The van der Waals surface area contributed by atoms with E-state index in [9.17, 15) is 19.5 Å². The van der Waals surface area contributed by atoms with Gasteiger partial charge in [-0.15, -0.1) is 0 Å². The largest absolute Gasteiger partial charge is 0.504 e. The van der Waals surface area contributed by atoms with Crippen molar-refractivity contribution in [3.63, 3.8) is 0 Å². The summed E-state index contributed by atoms with van der Waals surface area (Å²) in [7, 11) is 1.40. The van der Waals surface area contributed by atoms with Gasteiger partial charge in [-0.2, -0.15) is 0 Å². The highest BCUT2D eigenvalue weighted by Gasteiger charge is 2.45. The van der Waals surface area contributed by atoms with Crippen molar-refractivity contribution in [1.29, 1.82) is 0 Å². The van der Waals surface area contributed by atoms with Gasteiger partial charge in [0.2, 0.25) is 5.76 Å². The van der Waals surface area contributed by atoms with Gasteiger partial charge in [0, 0.05) is 0 Å². The van der Waals surface area contributed by atoms with Crippen molar-refractivity contribution in [2.24, 2.45) is 0 Å². The lowest BCUT2D eigenvalue weighted by atomic mass is 9.98. The fraction of sp³-hybridized carbons (Fsp3) is 0.154. The Bertz CT molecular complexity index is 1600. The molecular weight excluding hydrogens is 484 g/mol. The maximum absolute atomic E-state index is 13.7. The lowest BCUT2D eigenvalue weighted by Gasteiger charge is -2.23. The van der Waals surface area contributed by atoms with Crippen LogP contribution >= 0.6 is 11.3 Å². The molecule has 0 fully saturated rings. The molecule has 36 heavy (non-hydrogen) atoms. The van der Waals surface area contributed by atoms with Gasteiger partial charge in [-0.1, -0.05) is 42.2 Å². The molecule has 2 aromatic heterocycles. The molecule has 0 saturated heterocycles. The molecule has 0 aliphatic carbocycles. The third-order valence-electron chi connectivity index (χ3n) is 5.81. The summed E-state index contributed by atoms with van der Waals surface area (Å²) in [4.78, 5) is 45.9. The number of aromatic hydroxyl groups is 1. The number of phenolic OH excluding ortho intramolecular Hbond substituents is 1. The summed E-state index contributed by atoms with van der Waals surface area (Å²) in [6.07, 6.45) is 1.45. The molecule has 3 heterocycles. The third-order valence-corrected chi connectivity index (χ3v) is 6.94. The lowest BCUT2D eigenvalue weighted by Crippen LogP contribution is -2.29. The van der Waals surface area contributed by atoms with E-state index in [1.807, 2.05) is 0 Å². The minimum absolute atomic E-state index is 0.0283. The van der Waals surface area contributed by atoms with Crippen molar-refractivity contribution in [2.45, 2.75) is 13.0 Å². The highest BCUT2D eigenvalue weighted by atomic mass is 32.1. The van der Waals surface area contributed by atoms with Crippen LogP contribution in [0.5, 0.6) is 11.5 Å². The van der Waals surface area contributed by atoms with Gasteiger partial charge in [0.15, 0.2) is 22.1 Å². The summed E-state index contributed by atoms with van der Waals surface area (Å²) in [5, 5.41) is 10.6. The quantitative estimate of drug-likeness (QED) is 0.304. The zero-order valence-corrected chi connectivity index (χ0v) is 20.1. The number of anilines is 1. The van der Waals surface area contributed by atoms with Crippen LogP contribution in [0.4, 0.5) is 5.13 Å². The minimum atomic E-state index is -0.939. The Morgan fingerprint density at radius 1 is 1.28 bits per heavy atom. The van der Waals surface area contributed by atoms with Crippen LogP contribution < -0.4 is 15.1 Å². The first-order chi connectivity index (χ1) is 17.3. The molecule has 182 valence electrons. The van der Waals surface area contributed by atoms with E-state index in [1.54, 1.807) is 43.3 Å². The zero-order chi connectivity index (χ0) is 25.6. The number of nitrogens with zero attached hydrogens (tertiary/aromatic N) is 2. The number of hydrogen-bond acceptors (Lipinski definition) is 9. The van der Waals surface area contributed by atoms with Gasteiger partial charge in [-0.05, 0) is 36.8 Å². The molecule has 1 atom stereocenters. The number of hydrogen-bond donors (Lipinski definition) is 1. The van der Waals surface area contributed by atoms with E-state index >= 15 is 0 Å². The molecule has 0 spiro atoms. The molecule has 4 aromatic rings. The molecule has 1 aliphatic rings. The highest BCUT2D eigenvalue weighted by Crippen LogP contribution is 2.44. The number of amides is 1. The lowest BCUT2D eigenvalue weighted by molar-refractivity contribution is 0.0554. The molecule has 1 amide bonds. The number of fused-ring (bicyclic) bond motifs is 2. The molecular formula is C26H20N2O7S. The number of carbonyl (C=O) groups excluding carboxylic acids is 2. The number of carbonyl (C=O) groups is 2. The monoisotopic (exact) mass is 504 g/mol. The Morgan fingerprint density at radius 2 is 2.06 bits per heavy atom. The SMILES string of the molecule is C=CCOC(=O)c1sc(N2C(=O)c3oc4ccccc4c(=O)c3[C@@H]2c2ccc(O)c(OC)c2)nc1C. The van der Waals surface area contributed by atoms with Gasteiger partial charge in [0.1, 0.15) is 17.1 Å².